The number of esters is 4. The van der Waals surface area contributed by atoms with Gasteiger partial charge in [-0.25, -0.2) is 9.13 Å². The summed E-state index contributed by atoms with van der Waals surface area (Å²) in [6.45, 7) is 12.0. The molecule has 0 aliphatic carbocycles. The first-order valence-electron chi connectivity index (χ1n) is 44.8. The van der Waals surface area contributed by atoms with Crippen LogP contribution in [0.25, 0.3) is 0 Å². The molecule has 0 aliphatic rings. The molecule has 3 N–H and O–H groups in total. The Balaban J connectivity index is 5.23. The van der Waals surface area contributed by atoms with Crippen LogP contribution in [-0.2, 0) is 65.4 Å². The van der Waals surface area contributed by atoms with E-state index in [2.05, 4.69) is 48.5 Å². The predicted octanol–water partition coefficient (Wildman–Crippen LogP) is 26.5. The topological polar surface area (TPSA) is 237 Å². The van der Waals surface area contributed by atoms with Crippen molar-refractivity contribution in [1.29, 1.82) is 0 Å². The molecule has 0 heterocycles. The van der Waals surface area contributed by atoms with E-state index in [0.717, 1.165) is 108 Å². The molecule has 0 bridgehead atoms. The summed E-state index contributed by atoms with van der Waals surface area (Å²) in [6.07, 6.45) is 68.2. The fourth-order valence-corrected chi connectivity index (χ4v) is 15.1. The average Bonchev–Trinajstić information content (AvgIpc) is 0.901. The standard InChI is InChI=1S/C87H170O17P2/c1-8-9-10-11-12-13-14-15-16-25-31-36-41-48-56-63-71-87(92)104-83(75-98-85(90)69-62-55-50-43-46-53-60-67-80(6)7)77-102-106(95,96)100-73-81(88)72-99-105(93,94)101-76-82(74-97-84(89)68-61-54-47-40-35-30-26-22-21-24-29-34-39-45-52-59-66-79(4)5)103-86(91)70-64-57-49-42-37-32-27-20-18-17-19-23-28-33-38-44-51-58-65-78(2)3/h78-83,88H,8-77H2,1-7H3,(H,93,94)(H,95,96)/t81-,82-,83-/m1/s1. The number of carbonyl (C=O) groups is 4. The van der Waals surface area contributed by atoms with Crippen molar-refractivity contribution in [2.45, 2.75) is 478 Å². The number of aliphatic hydroxyl groups is 1. The minimum absolute atomic E-state index is 0.108. The summed E-state index contributed by atoms with van der Waals surface area (Å²) in [4.78, 5) is 73.2. The van der Waals surface area contributed by atoms with E-state index < -0.39 is 97.5 Å². The first kappa shape index (κ1) is 104. The molecule has 0 saturated heterocycles. The van der Waals surface area contributed by atoms with Gasteiger partial charge in [0.05, 0.1) is 26.4 Å². The van der Waals surface area contributed by atoms with Gasteiger partial charge in [0.1, 0.15) is 19.3 Å². The van der Waals surface area contributed by atoms with Crippen LogP contribution in [0, 0.1) is 17.8 Å². The van der Waals surface area contributed by atoms with E-state index in [9.17, 15) is 43.2 Å². The molecule has 17 nitrogen and oxygen atoms in total. The van der Waals surface area contributed by atoms with E-state index in [1.54, 1.807) is 0 Å². The molecule has 0 aliphatic heterocycles. The summed E-state index contributed by atoms with van der Waals surface area (Å²) in [5.74, 6) is 0.234. The number of aliphatic hydroxyl groups excluding tert-OH is 1. The van der Waals surface area contributed by atoms with Crippen molar-refractivity contribution in [3.8, 4) is 0 Å². The maximum atomic E-state index is 13.2. The fraction of sp³-hybridized carbons (Fsp3) is 0.954. The van der Waals surface area contributed by atoms with Gasteiger partial charge >= 0.3 is 39.5 Å². The molecule has 0 rings (SSSR count). The van der Waals surface area contributed by atoms with Crippen molar-refractivity contribution in [3.05, 3.63) is 0 Å². The minimum atomic E-state index is -4.97. The molecule has 5 atom stereocenters. The van der Waals surface area contributed by atoms with Crippen molar-refractivity contribution < 1.29 is 80.2 Å². The highest BCUT2D eigenvalue weighted by atomic mass is 31.2. The lowest BCUT2D eigenvalue weighted by atomic mass is 10.0. The van der Waals surface area contributed by atoms with Gasteiger partial charge in [0.25, 0.3) is 0 Å². The molecule has 19 heteroatoms. The molecular formula is C87H170O17P2. The number of rotatable bonds is 85. The smallest absolute Gasteiger partial charge is 0.462 e. The lowest BCUT2D eigenvalue weighted by molar-refractivity contribution is -0.161. The van der Waals surface area contributed by atoms with E-state index in [-0.39, 0.29) is 25.7 Å². The van der Waals surface area contributed by atoms with Crippen LogP contribution in [0.3, 0.4) is 0 Å². The Labute approximate surface area is 651 Å². The van der Waals surface area contributed by atoms with Crippen LogP contribution in [0.1, 0.15) is 459 Å². The summed E-state index contributed by atoms with van der Waals surface area (Å²) < 4.78 is 68.9. The number of carbonyl (C=O) groups excluding carboxylic acids is 4. The number of hydrogen-bond acceptors (Lipinski definition) is 15. The van der Waals surface area contributed by atoms with E-state index >= 15 is 0 Å². The molecule has 106 heavy (non-hydrogen) atoms. The summed E-state index contributed by atoms with van der Waals surface area (Å²) >= 11 is 0. The first-order chi connectivity index (χ1) is 51.2. The quantitative estimate of drug-likeness (QED) is 0.0222. The molecular weight excluding hydrogens is 1380 g/mol. The van der Waals surface area contributed by atoms with Crippen LogP contribution in [-0.4, -0.2) is 96.7 Å². The van der Waals surface area contributed by atoms with Crippen molar-refractivity contribution in [1.82, 2.24) is 0 Å². The summed E-state index contributed by atoms with van der Waals surface area (Å²) in [7, 11) is -9.93. The maximum Gasteiger partial charge on any atom is 0.472 e. The van der Waals surface area contributed by atoms with Gasteiger partial charge in [0.15, 0.2) is 12.2 Å². The van der Waals surface area contributed by atoms with Crippen LogP contribution in [0.2, 0.25) is 0 Å². The van der Waals surface area contributed by atoms with Crippen LogP contribution in [0.4, 0.5) is 0 Å². The third-order valence-corrected chi connectivity index (χ3v) is 22.3. The minimum Gasteiger partial charge on any atom is -0.462 e. The second-order valence-corrected chi connectivity index (χ2v) is 35.6. The SMILES string of the molecule is CCCCCCCCCCCCCCCCCCC(=O)O[C@H](COC(=O)CCCCCCCCCC(C)C)COP(=O)(O)OC[C@H](O)COP(=O)(O)OC[C@@H](COC(=O)CCCCCCCCCCCCCCCCCCC(C)C)OC(=O)CCCCCCCCCCCCCCCCCCCCC(C)C. The molecule has 0 aromatic carbocycles. The van der Waals surface area contributed by atoms with Gasteiger partial charge in [-0.3, -0.25) is 37.3 Å². The molecule has 0 fully saturated rings. The van der Waals surface area contributed by atoms with Gasteiger partial charge in [0.2, 0.25) is 0 Å². The zero-order chi connectivity index (χ0) is 77.9. The largest absolute Gasteiger partial charge is 0.472 e. The van der Waals surface area contributed by atoms with Gasteiger partial charge < -0.3 is 33.8 Å². The van der Waals surface area contributed by atoms with E-state index in [4.69, 9.17) is 37.0 Å². The van der Waals surface area contributed by atoms with Gasteiger partial charge in [0, 0.05) is 25.7 Å². The number of ether oxygens (including phenoxy) is 4. The Morgan fingerprint density at radius 3 is 0.642 bits per heavy atom. The lowest BCUT2D eigenvalue weighted by Gasteiger charge is -2.21. The third-order valence-electron chi connectivity index (χ3n) is 20.4. The second kappa shape index (κ2) is 77.0. The molecule has 0 radical (unpaired) electrons. The second-order valence-electron chi connectivity index (χ2n) is 32.7. The summed E-state index contributed by atoms with van der Waals surface area (Å²) in [5, 5.41) is 10.7. The molecule has 0 saturated carbocycles. The molecule has 630 valence electrons. The number of phosphoric ester groups is 2. The zero-order valence-corrected chi connectivity index (χ0v) is 71.7. The van der Waals surface area contributed by atoms with Crippen LogP contribution in [0.15, 0.2) is 0 Å². The Morgan fingerprint density at radius 1 is 0.255 bits per heavy atom. The summed E-state index contributed by atoms with van der Waals surface area (Å²) in [6, 6.07) is 0. The predicted molar refractivity (Wildman–Crippen MR) is 437 cm³/mol. The highest BCUT2D eigenvalue weighted by Crippen LogP contribution is 2.45. The fourth-order valence-electron chi connectivity index (χ4n) is 13.5. The van der Waals surface area contributed by atoms with Crippen LogP contribution < -0.4 is 0 Å². The molecule has 0 spiro atoms. The zero-order valence-electron chi connectivity index (χ0n) is 69.9. The lowest BCUT2D eigenvalue weighted by Crippen LogP contribution is -2.30. The first-order valence-corrected chi connectivity index (χ1v) is 47.8. The number of hydrogen-bond donors (Lipinski definition) is 3. The molecule has 0 aromatic heterocycles. The molecule has 0 aromatic rings. The molecule has 0 amide bonds. The Bertz CT molecular complexity index is 2040. The van der Waals surface area contributed by atoms with Crippen molar-refractivity contribution in [2.24, 2.45) is 17.8 Å². The average molecular weight is 1550 g/mol. The van der Waals surface area contributed by atoms with Crippen LogP contribution >= 0.6 is 15.6 Å². The van der Waals surface area contributed by atoms with Gasteiger partial charge in [-0.15, -0.1) is 0 Å². The monoisotopic (exact) mass is 1550 g/mol. The maximum absolute atomic E-state index is 13.2. The van der Waals surface area contributed by atoms with Crippen molar-refractivity contribution in [3.63, 3.8) is 0 Å². The number of unbranched alkanes of at least 4 members (excludes halogenated alkanes) is 53. The number of phosphoric acid groups is 2. The Kier molecular flexibility index (Phi) is 75.6. The van der Waals surface area contributed by atoms with Crippen LogP contribution in [0.5, 0.6) is 0 Å². The summed E-state index contributed by atoms with van der Waals surface area (Å²) in [5.41, 5.74) is 0. The van der Waals surface area contributed by atoms with E-state index in [1.807, 2.05) is 0 Å². The van der Waals surface area contributed by atoms with Gasteiger partial charge in [-0.1, -0.05) is 408 Å². The normalized spacial score (nSPS) is 13.9. The van der Waals surface area contributed by atoms with Crippen molar-refractivity contribution in [2.75, 3.05) is 39.6 Å². The van der Waals surface area contributed by atoms with E-state index in [0.29, 0.717) is 31.6 Å². The van der Waals surface area contributed by atoms with Crippen molar-refractivity contribution >= 4 is 39.5 Å². The third kappa shape index (κ3) is 80.1. The Morgan fingerprint density at radius 2 is 0.434 bits per heavy atom. The highest BCUT2D eigenvalue weighted by Gasteiger charge is 2.30. The van der Waals surface area contributed by atoms with Gasteiger partial charge in [-0.05, 0) is 43.4 Å². The highest BCUT2D eigenvalue weighted by molar-refractivity contribution is 7.47. The molecule has 2 unspecified atom stereocenters. The Hall–Kier alpha value is -1.94. The van der Waals surface area contributed by atoms with Gasteiger partial charge in [-0.2, -0.15) is 0 Å². The van der Waals surface area contributed by atoms with E-state index in [1.165, 1.54) is 263 Å².